The highest BCUT2D eigenvalue weighted by atomic mass is 32.2. The molecule has 5 nitrogen and oxygen atoms in total. The van der Waals surface area contributed by atoms with E-state index in [1.165, 1.54) is 30.2 Å². The van der Waals surface area contributed by atoms with E-state index in [1.54, 1.807) is 12.1 Å². The van der Waals surface area contributed by atoms with E-state index in [2.05, 4.69) is 16.1 Å². The average Bonchev–Trinajstić information content (AvgIpc) is 2.50. The third-order valence-electron chi connectivity index (χ3n) is 3.76. The third kappa shape index (κ3) is 4.91. The lowest BCUT2D eigenvalue weighted by Crippen LogP contribution is -2.26. The molecule has 2 aromatic rings. The van der Waals surface area contributed by atoms with E-state index in [0.29, 0.717) is 18.7 Å². The molecule has 2 rings (SSSR count). The molecule has 0 saturated carbocycles. The molecule has 128 valence electrons. The van der Waals surface area contributed by atoms with Crippen molar-refractivity contribution in [3.63, 3.8) is 0 Å². The first-order chi connectivity index (χ1) is 11.3. The molecule has 0 unspecified atom stereocenters. The minimum absolute atomic E-state index is 0.177. The van der Waals surface area contributed by atoms with E-state index in [-0.39, 0.29) is 10.8 Å². The first-order valence-corrected chi connectivity index (χ1v) is 9.20. The summed E-state index contributed by atoms with van der Waals surface area (Å²) < 4.78 is 27.2. The van der Waals surface area contributed by atoms with Crippen molar-refractivity contribution in [3.05, 3.63) is 59.2 Å². The summed E-state index contributed by atoms with van der Waals surface area (Å²) in [7, 11) is -3.56. The fourth-order valence-electron chi connectivity index (χ4n) is 2.29. The second-order valence-electron chi connectivity index (χ2n) is 5.77. The van der Waals surface area contributed by atoms with Crippen LogP contribution in [0.5, 0.6) is 0 Å². The Labute approximate surface area is 143 Å². The molecule has 0 aliphatic carbocycles. The second-order valence-corrected chi connectivity index (χ2v) is 7.54. The van der Waals surface area contributed by atoms with Crippen LogP contribution in [-0.4, -0.2) is 20.9 Å². The van der Waals surface area contributed by atoms with E-state index < -0.39 is 10.0 Å². The fourth-order valence-corrected chi connectivity index (χ4v) is 3.32. The van der Waals surface area contributed by atoms with Crippen molar-refractivity contribution in [2.24, 2.45) is 0 Å². The zero-order valence-electron chi connectivity index (χ0n) is 14.1. The summed E-state index contributed by atoms with van der Waals surface area (Å²) in [5.41, 5.74) is 4.08. The van der Waals surface area contributed by atoms with Crippen LogP contribution in [0.15, 0.2) is 47.4 Å². The van der Waals surface area contributed by atoms with Gasteiger partial charge in [-0.2, -0.15) is 0 Å². The summed E-state index contributed by atoms with van der Waals surface area (Å²) >= 11 is 0. The predicted molar refractivity (Wildman–Crippen MR) is 95.6 cm³/mol. The Balaban J connectivity index is 1.97. The summed E-state index contributed by atoms with van der Waals surface area (Å²) in [5.74, 6) is -0.197. The number of nitrogens with one attached hydrogen (secondary N) is 2. The Hall–Kier alpha value is -2.18. The number of hydrogen-bond acceptors (Lipinski definition) is 3. The molecule has 1 amide bonds. The smallest absolute Gasteiger partial charge is 0.240 e. The van der Waals surface area contributed by atoms with Crippen LogP contribution in [0.25, 0.3) is 0 Å². The van der Waals surface area contributed by atoms with Gasteiger partial charge in [0.25, 0.3) is 0 Å². The van der Waals surface area contributed by atoms with Gasteiger partial charge < -0.3 is 5.32 Å². The first-order valence-electron chi connectivity index (χ1n) is 7.71. The maximum atomic E-state index is 12.3. The van der Waals surface area contributed by atoms with Crippen molar-refractivity contribution < 1.29 is 13.2 Å². The van der Waals surface area contributed by atoms with Gasteiger partial charge in [0.1, 0.15) is 0 Å². The van der Waals surface area contributed by atoms with Gasteiger partial charge in [0, 0.05) is 19.2 Å². The summed E-state index contributed by atoms with van der Waals surface area (Å²) in [5, 5.41) is 2.60. The zero-order valence-corrected chi connectivity index (χ0v) is 14.9. The monoisotopic (exact) mass is 346 g/mol. The summed E-state index contributed by atoms with van der Waals surface area (Å²) in [4.78, 5) is 11.2. The fraction of sp³-hybridized carbons (Fsp3) is 0.278. The van der Waals surface area contributed by atoms with Gasteiger partial charge in [-0.15, -0.1) is 0 Å². The van der Waals surface area contributed by atoms with Crippen LogP contribution in [0, 0.1) is 13.8 Å². The predicted octanol–water partition coefficient (Wildman–Crippen LogP) is 2.78. The number of sulfonamides is 1. The van der Waals surface area contributed by atoms with Crippen molar-refractivity contribution in [3.8, 4) is 0 Å². The Morgan fingerprint density at radius 1 is 1.00 bits per heavy atom. The minimum atomic E-state index is -3.56. The highest BCUT2D eigenvalue weighted by Gasteiger charge is 2.13. The topological polar surface area (TPSA) is 75.3 Å². The van der Waals surface area contributed by atoms with Crippen LogP contribution < -0.4 is 10.0 Å². The molecule has 0 aliphatic heterocycles. The molecule has 0 heterocycles. The molecule has 0 bridgehead atoms. The molecular weight excluding hydrogens is 324 g/mol. The number of carbonyl (C=O) groups is 1. The van der Waals surface area contributed by atoms with Gasteiger partial charge in [-0.25, -0.2) is 13.1 Å². The SMILES string of the molecule is CC(=O)Nc1ccc(S(=O)(=O)NCCc2ccc(C)c(C)c2)cc1. The Morgan fingerprint density at radius 2 is 1.67 bits per heavy atom. The van der Waals surface area contributed by atoms with Crippen molar-refractivity contribution in [2.75, 3.05) is 11.9 Å². The van der Waals surface area contributed by atoms with Gasteiger partial charge in [-0.3, -0.25) is 4.79 Å². The van der Waals surface area contributed by atoms with Crippen LogP contribution in [0.1, 0.15) is 23.6 Å². The number of hydrogen-bond donors (Lipinski definition) is 2. The molecule has 0 atom stereocenters. The van der Waals surface area contributed by atoms with Gasteiger partial charge in [0.15, 0.2) is 0 Å². The summed E-state index contributed by atoms with van der Waals surface area (Å²) in [6.45, 7) is 5.82. The van der Waals surface area contributed by atoms with E-state index in [1.807, 2.05) is 26.0 Å². The van der Waals surface area contributed by atoms with Crippen LogP contribution in [0.3, 0.4) is 0 Å². The number of amides is 1. The number of carbonyl (C=O) groups excluding carboxylic acids is 1. The Bertz CT molecular complexity index is 828. The van der Waals surface area contributed by atoms with Crippen LogP contribution >= 0.6 is 0 Å². The van der Waals surface area contributed by atoms with Crippen molar-refractivity contribution >= 4 is 21.6 Å². The van der Waals surface area contributed by atoms with Crippen molar-refractivity contribution in [1.29, 1.82) is 0 Å². The van der Waals surface area contributed by atoms with Gasteiger partial charge in [-0.05, 0) is 61.2 Å². The van der Waals surface area contributed by atoms with Gasteiger partial charge in [0.2, 0.25) is 15.9 Å². The lowest BCUT2D eigenvalue weighted by atomic mass is 10.0. The van der Waals surface area contributed by atoms with Crippen LogP contribution in [0.4, 0.5) is 5.69 Å². The zero-order chi connectivity index (χ0) is 17.7. The Morgan fingerprint density at radius 3 is 2.25 bits per heavy atom. The maximum Gasteiger partial charge on any atom is 0.240 e. The van der Waals surface area contributed by atoms with E-state index in [0.717, 1.165) is 5.56 Å². The molecule has 0 fully saturated rings. The third-order valence-corrected chi connectivity index (χ3v) is 5.24. The summed E-state index contributed by atoms with van der Waals surface area (Å²) in [6, 6.07) is 12.2. The molecule has 24 heavy (non-hydrogen) atoms. The van der Waals surface area contributed by atoms with Crippen molar-refractivity contribution in [2.45, 2.75) is 32.1 Å². The normalized spacial score (nSPS) is 11.3. The van der Waals surface area contributed by atoms with E-state index >= 15 is 0 Å². The molecule has 6 heteroatoms. The van der Waals surface area contributed by atoms with Gasteiger partial charge in [-0.1, -0.05) is 18.2 Å². The van der Waals surface area contributed by atoms with Gasteiger partial charge in [0.05, 0.1) is 4.90 Å². The second kappa shape index (κ2) is 7.59. The lowest BCUT2D eigenvalue weighted by molar-refractivity contribution is -0.114. The molecule has 0 aromatic heterocycles. The number of rotatable bonds is 6. The van der Waals surface area contributed by atoms with Crippen LogP contribution in [0.2, 0.25) is 0 Å². The average molecular weight is 346 g/mol. The highest BCUT2D eigenvalue weighted by molar-refractivity contribution is 7.89. The molecule has 0 spiro atoms. The maximum absolute atomic E-state index is 12.3. The van der Waals surface area contributed by atoms with Crippen LogP contribution in [-0.2, 0) is 21.2 Å². The highest BCUT2D eigenvalue weighted by Crippen LogP contribution is 2.14. The largest absolute Gasteiger partial charge is 0.326 e. The van der Waals surface area contributed by atoms with E-state index in [9.17, 15) is 13.2 Å². The minimum Gasteiger partial charge on any atom is -0.326 e. The number of anilines is 1. The van der Waals surface area contributed by atoms with Gasteiger partial charge >= 0.3 is 0 Å². The Kier molecular flexibility index (Phi) is 5.75. The molecule has 2 aromatic carbocycles. The molecule has 0 radical (unpaired) electrons. The first kappa shape index (κ1) is 18.2. The quantitative estimate of drug-likeness (QED) is 0.844. The summed E-state index contributed by atoms with van der Waals surface area (Å²) in [6.07, 6.45) is 0.629. The molecular formula is C18H22N2O3S. The van der Waals surface area contributed by atoms with Crippen molar-refractivity contribution in [1.82, 2.24) is 4.72 Å². The van der Waals surface area contributed by atoms with E-state index in [4.69, 9.17) is 0 Å². The molecule has 0 saturated heterocycles. The standard InChI is InChI=1S/C18H22N2O3S/c1-13-4-5-16(12-14(13)2)10-11-19-24(22,23)18-8-6-17(7-9-18)20-15(3)21/h4-9,12,19H,10-11H2,1-3H3,(H,20,21). The number of benzene rings is 2. The number of aryl methyl sites for hydroxylation is 2. The molecule has 2 N–H and O–H groups in total. The lowest BCUT2D eigenvalue weighted by Gasteiger charge is -2.09. The molecule has 0 aliphatic rings.